The fourth-order valence-corrected chi connectivity index (χ4v) is 2.67. The molecule has 0 aliphatic carbocycles. The van der Waals surface area contributed by atoms with Crippen molar-refractivity contribution in [3.05, 3.63) is 0 Å². The lowest BCUT2D eigenvalue weighted by Crippen LogP contribution is -2.66. The lowest BCUT2D eigenvalue weighted by molar-refractivity contribution is -0.255. The minimum atomic E-state index is -1.46. The van der Waals surface area contributed by atoms with Crippen LogP contribution in [0.3, 0.4) is 0 Å². The Bertz CT molecular complexity index is 708. The third-order valence-corrected chi connectivity index (χ3v) is 3.55. The van der Waals surface area contributed by atoms with Crippen LogP contribution in [0.25, 0.3) is 0 Å². The van der Waals surface area contributed by atoms with Crippen LogP contribution in [-0.2, 0) is 47.7 Å². The Morgan fingerprint density at radius 1 is 0.733 bits per heavy atom. The molecular formula is C17H24N2O11. The zero-order chi connectivity index (χ0) is 23.0. The van der Waals surface area contributed by atoms with E-state index in [2.05, 4.69) is 5.32 Å². The number of carbonyl (C=O) groups excluding carboxylic acids is 6. The zero-order valence-electron chi connectivity index (χ0n) is 17.1. The van der Waals surface area contributed by atoms with E-state index in [4.69, 9.17) is 23.7 Å². The molecule has 0 radical (unpaired) electrons. The summed E-state index contributed by atoms with van der Waals surface area (Å²) in [5, 5.41) is 4.20. The van der Waals surface area contributed by atoms with Gasteiger partial charge in [0.1, 0.15) is 12.7 Å². The Balaban J connectivity index is 3.32. The number of hydrogen-bond acceptors (Lipinski definition) is 11. The molecule has 2 N–H and O–H groups in total. The van der Waals surface area contributed by atoms with Crippen molar-refractivity contribution in [3.8, 4) is 0 Å². The van der Waals surface area contributed by atoms with Crippen molar-refractivity contribution >= 4 is 35.8 Å². The van der Waals surface area contributed by atoms with Crippen molar-refractivity contribution in [3.63, 3.8) is 0 Å². The van der Waals surface area contributed by atoms with Crippen LogP contribution in [0.5, 0.6) is 0 Å². The molecule has 13 heteroatoms. The number of ether oxygens (including phenoxy) is 5. The van der Waals surface area contributed by atoms with E-state index in [1.807, 2.05) is 5.32 Å². The molecule has 1 saturated heterocycles. The maximum absolute atomic E-state index is 12.0. The number of amides is 3. The van der Waals surface area contributed by atoms with Crippen LogP contribution in [0, 0.1) is 0 Å². The fraction of sp³-hybridized carbons (Fsp3) is 0.647. The Kier molecular flexibility index (Phi) is 9.17. The number of carbonyl (C=O) groups is 6. The van der Waals surface area contributed by atoms with Crippen LogP contribution in [0.2, 0.25) is 0 Å². The van der Waals surface area contributed by atoms with Gasteiger partial charge in [-0.15, -0.1) is 0 Å². The minimum absolute atomic E-state index is 0.440. The molecule has 1 aliphatic heterocycles. The van der Waals surface area contributed by atoms with Crippen LogP contribution in [0.1, 0.15) is 34.6 Å². The summed E-state index contributed by atoms with van der Waals surface area (Å²) in [6.45, 7) is 4.99. The highest BCUT2D eigenvalue weighted by molar-refractivity contribution is 5.93. The first-order valence-electron chi connectivity index (χ1n) is 8.79. The molecule has 3 amide bonds. The van der Waals surface area contributed by atoms with Gasteiger partial charge in [-0.3, -0.25) is 29.3 Å². The molecule has 168 valence electrons. The largest absolute Gasteiger partial charge is 0.463 e. The molecule has 0 spiro atoms. The van der Waals surface area contributed by atoms with Crippen molar-refractivity contribution in [2.75, 3.05) is 6.61 Å². The van der Waals surface area contributed by atoms with Gasteiger partial charge in [0.25, 0.3) is 0 Å². The fourth-order valence-electron chi connectivity index (χ4n) is 2.67. The second kappa shape index (κ2) is 11.1. The summed E-state index contributed by atoms with van der Waals surface area (Å²) < 4.78 is 26.0. The zero-order valence-corrected chi connectivity index (χ0v) is 17.1. The molecule has 1 fully saturated rings. The molecule has 0 aromatic rings. The second-order valence-electron chi connectivity index (χ2n) is 6.27. The summed E-state index contributed by atoms with van der Waals surface area (Å²) in [7, 11) is 0. The molecule has 0 unspecified atom stereocenters. The van der Waals surface area contributed by atoms with Crippen LogP contribution >= 0.6 is 0 Å². The van der Waals surface area contributed by atoms with E-state index < -0.39 is 73.1 Å². The van der Waals surface area contributed by atoms with Gasteiger partial charge in [0.05, 0.1) is 0 Å². The molecule has 0 aromatic heterocycles. The summed E-state index contributed by atoms with van der Waals surface area (Å²) in [4.78, 5) is 69.1. The Labute approximate surface area is 171 Å². The summed E-state index contributed by atoms with van der Waals surface area (Å²) in [6, 6.07) is -0.997. The van der Waals surface area contributed by atoms with Crippen LogP contribution in [-0.4, -0.2) is 73.1 Å². The first kappa shape index (κ1) is 24.8. The predicted molar refractivity (Wildman–Crippen MR) is 94.3 cm³/mol. The lowest BCUT2D eigenvalue weighted by Gasteiger charge is -2.44. The Hall–Kier alpha value is -3.22. The third kappa shape index (κ3) is 8.03. The number of hydrogen-bond donors (Lipinski definition) is 2. The molecule has 1 heterocycles. The molecule has 0 saturated carbocycles. The maximum atomic E-state index is 12.0. The van der Waals surface area contributed by atoms with Gasteiger partial charge in [0.2, 0.25) is 5.91 Å². The molecule has 5 atom stereocenters. The van der Waals surface area contributed by atoms with Crippen molar-refractivity contribution < 1.29 is 52.5 Å². The van der Waals surface area contributed by atoms with E-state index >= 15 is 0 Å². The van der Waals surface area contributed by atoms with Crippen molar-refractivity contribution in [2.45, 2.75) is 65.3 Å². The highest BCUT2D eigenvalue weighted by Crippen LogP contribution is 2.28. The van der Waals surface area contributed by atoms with Gasteiger partial charge in [-0.2, -0.15) is 0 Å². The van der Waals surface area contributed by atoms with Gasteiger partial charge >= 0.3 is 29.9 Å². The first-order chi connectivity index (χ1) is 13.9. The first-order valence-corrected chi connectivity index (χ1v) is 8.79. The van der Waals surface area contributed by atoms with Gasteiger partial charge < -0.3 is 29.0 Å². The standard InChI is InChI=1S/C17H24N2O11/c1-7(20)18-17(25)19-16-15(29-11(5)24)14(28-10(4)23)13(27-9(3)22)12(30-16)6-26-8(2)21/h12-16H,6H2,1-5H3,(H2,18,19,20,25)/t12-,13-,14+,15-,16-/m1/s1. The summed E-state index contributed by atoms with van der Waals surface area (Å²) in [5.74, 6) is -3.77. The van der Waals surface area contributed by atoms with Gasteiger partial charge in [-0.25, -0.2) is 4.79 Å². The van der Waals surface area contributed by atoms with Crippen molar-refractivity contribution in [1.29, 1.82) is 0 Å². The highest BCUT2D eigenvalue weighted by atomic mass is 16.7. The summed E-state index contributed by atoms with van der Waals surface area (Å²) >= 11 is 0. The van der Waals surface area contributed by atoms with Gasteiger partial charge in [-0.05, 0) is 0 Å². The minimum Gasteiger partial charge on any atom is -0.463 e. The number of rotatable bonds is 6. The third-order valence-electron chi connectivity index (χ3n) is 3.55. The Morgan fingerprint density at radius 2 is 1.23 bits per heavy atom. The van der Waals surface area contributed by atoms with Crippen LogP contribution < -0.4 is 10.6 Å². The van der Waals surface area contributed by atoms with Crippen molar-refractivity contribution in [2.24, 2.45) is 0 Å². The average Bonchev–Trinajstić information content (AvgIpc) is 2.56. The molecule has 30 heavy (non-hydrogen) atoms. The highest BCUT2D eigenvalue weighted by Gasteiger charge is 2.52. The smallest absolute Gasteiger partial charge is 0.323 e. The SMILES string of the molecule is CC(=O)NC(=O)N[C@@H]1O[C@H](COC(C)=O)[C@@H](OC(C)=O)[C@H](OC(C)=O)[C@H]1OC(C)=O. The number of urea groups is 1. The monoisotopic (exact) mass is 432 g/mol. The molecule has 1 rings (SSSR count). The van der Waals surface area contributed by atoms with E-state index in [9.17, 15) is 28.8 Å². The Morgan fingerprint density at radius 3 is 1.70 bits per heavy atom. The quantitative estimate of drug-likeness (QED) is 0.386. The normalized spacial score (nSPS) is 25.3. The summed E-state index contributed by atoms with van der Waals surface area (Å²) in [5.41, 5.74) is 0. The number of esters is 4. The van der Waals surface area contributed by atoms with Gasteiger partial charge in [0, 0.05) is 34.6 Å². The second-order valence-corrected chi connectivity index (χ2v) is 6.27. The van der Waals surface area contributed by atoms with Crippen molar-refractivity contribution in [1.82, 2.24) is 10.6 Å². The van der Waals surface area contributed by atoms with E-state index in [1.54, 1.807) is 0 Å². The molecule has 1 aliphatic rings. The molecule has 13 nitrogen and oxygen atoms in total. The average molecular weight is 432 g/mol. The van der Waals surface area contributed by atoms with E-state index in [1.165, 1.54) is 0 Å². The van der Waals surface area contributed by atoms with E-state index in [0.717, 1.165) is 34.6 Å². The molecule has 0 bridgehead atoms. The maximum Gasteiger partial charge on any atom is 0.323 e. The van der Waals surface area contributed by atoms with E-state index in [-0.39, 0.29) is 0 Å². The molecular weight excluding hydrogens is 408 g/mol. The summed E-state index contributed by atoms with van der Waals surface area (Å²) in [6.07, 6.45) is -6.89. The topological polar surface area (TPSA) is 173 Å². The lowest BCUT2D eigenvalue weighted by atomic mass is 9.97. The predicted octanol–water partition coefficient (Wildman–Crippen LogP) is -1.08. The molecule has 0 aromatic carbocycles. The number of nitrogens with one attached hydrogen (secondary N) is 2. The van der Waals surface area contributed by atoms with Crippen LogP contribution in [0.15, 0.2) is 0 Å². The van der Waals surface area contributed by atoms with E-state index in [0.29, 0.717) is 0 Å². The van der Waals surface area contributed by atoms with Gasteiger partial charge in [-0.1, -0.05) is 0 Å². The van der Waals surface area contributed by atoms with Gasteiger partial charge in [0.15, 0.2) is 24.5 Å². The number of imide groups is 1. The van der Waals surface area contributed by atoms with Crippen LogP contribution in [0.4, 0.5) is 4.79 Å².